The molecule has 1 atom stereocenters. The zero-order valence-corrected chi connectivity index (χ0v) is 14.6. The van der Waals surface area contributed by atoms with Crippen LogP contribution in [0, 0.1) is 0 Å². The molecule has 4 rings (SSSR count). The van der Waals surface area contributed by atoms with Crippen molar-refractivity contribution in [2.45, 2.75) is 18.9 Å². The van der Waals surface area contributed by atoms with Crippen LogP contribution in [0.4, 0.5) is 0 Å². The van der Waals surface area contributed by atoms with Crippen LogP contribution < -0.4 is 0 Å². The van der Waals surface area contributed by atoms with Gasteiger partial charge in [-0.25, -0.2) is 0 Å². The van der Waals surface area contributed by atoms with Crippen LogP contribution in [0.3, 0.4) is 0 Å². The van der Waals surface area contributed by atoms with Crippen molar-refractivity contribution in [1.29, 1.82) is 0 Å². The number of aromatic nitrogens is 2. The zero-order valence-electron chi connectivity index (χ0n) is 13.8. The third-order valence-electron chi connectivity index (χ3n) is 4.46. The van der Waals surface area contributed by atoms with Crippen molar-refractivity contribution < 1.29 is 14.4 Å². The van der Waals surface area contributed by atoms with E-state index < -0.39 is 0 Å². The highest BCUT2D eigenvalue weighted by atomic mass is 35.5. The molecule has 1 aliphatic heterocycles. The van der Waals surface area contributed by atoms with Gasteiger partial charge in [-0.2, -0.15) is 4.98 Å². The average molecular weight is 370 g/mol. The van der Waals surface area contributed by atoms with E-state index in [4.69, 9.17) is 16.1 Å². The molecular weight excluding hydrogens is 354 g/mol. The molecule has 1 amide bonds. The number of para-hydroxylation sites is 1. The Morgan fingerprint density at radius 3 is 2.88 bits per heavy atom. The van der Waals surface area contributed by atoms with Crippen molar-refractivity contribution in [3.63, 3.8) is 0 Å². The lowest BCUT2D eigenvalue weighted by Gasteiger charge is -2.22. The molecular formula is C19H16ClN3O3. The van der Waals surface area contributed by atoms with E-state index in [2.05, 4.69) is 10.1 Å². The van der Waals surface area contributed by atoms with Crippen LogP contribution in [-0.4, -0.2) is 32.6 Å². The number of carbonyl (C=O) groups is 1. The minimum atomic E-state index is -0.303. The fraction of sp³-hybridized carbons (Fsp3) is 0.211. The second-order valence-electron chi connectivity index (χ2n) is 6.14. The Hall–Kier alpha value is -2.86. The van der Waals surface area contributed by atoms with Gasteiger partial charge in [-0.05, 0) is 37.1 Å². The highest BCUT2D eigenvalue weighted by molar-refractivity contribution is 6.30. The molecule has 0 bridgehead atoms. The monoisotopic (exact) mass is 369 g/mol. The third kappa shape index (κ3) is 3.04. The molecule has 1 saturated heterocycles. The molecule has 0 spiro atoms. The summed E-state index contributed by atoms with van der Waals surface area (Å²) < 4.78 is 5.43. The maximum absolute atomic E-state index is 12.8. The summed E-state index contributed by atoms with van der Waals surface area (Å²) in [5, 5.41) is 14.6. The Morgan fingerprint density at radius 2 is 2.08 bits per heavy atom. The molecule has 0 saturated carbocycles. The standard InChI is InChI=1S/C19H16ClN3O3/c20-13-6-3-5-12(11-13)17-21-18(26-22-17)15-8-4-10-23(15)19(25)14-7-1-2-9-16(14)24/h1-3,5-7,9,11,15,24H,4,8,10H2/t15-/m1/s1. The first-order chi connectivity index (χ1) is 12.6. The van der Waals surface area contributed by atoms with E-state index >= 15 is 0 Å². The summed E-state index contributed by atoms with van der Waals surface area (Å²) >= 11 is 6.01. The molecule has 0 unspecified atom stereocenters. The number of phenolic OH excluding ortho intramolecular Hbond substituents is 1. The van der Waals surface area contributed by atoms with Gasteiger partial charge in [0.25, 0.3) is 5.91 Å². The van der Waals surface area contributed by atoms with Gasteiger partial charge in [0.15, 0.2) is 0 Å². The normalized spacial score (nSPS) is 16.8. The van der Waals surface area contributed by atoms with Crippen LogP contribution in [0.5, 0.6) is 5.75 Å². The van der Waals surface area contributed by atoms with Crippen molar-refractivity contribution >= 4 is 17.5 Å². The quantitative estimate of drug-likeness (QED) is 0.752. The number of rotatable bonds is 3. The molecule has 26 heavy (non-hydrogen) atoms. The van der Waals surface area contributed by atoms with E-state index in [-0.39, 0.29) is 23.3 Å². The first-order valence-electron chi connectivity index (χ1n) is 8.32. The number of amides is 1. The van der Waals surface area contributed by atoms with Crippen molar-refractivity contribution in [3.05, 3.63) is 65.0 Å². The van der Waals surface area contributed by atoms with Crippen LogP contribution >= 0.6 is 11.6 Å². The predicted octanol–water partition coefficient (Wildman–Crippen LogP) is 4.07. The zero-order chi connectivity index (χ0) is 18.1. The molecule has 132 valence electrons. The van der Waals surface area contributed by atoms with Crippen LogP contribution in [0.25, 0.3) is 11.4 Å². The fourth-order valence-electron chi connectivity index (χ4n) is 3.19. The van der Waals surface area contributed by atoms with Crippen LogP contribution in [0.2, 0.25) is 5.02 Å². The highest BCUT2D eigenvalue weighted by Crippen LogP contribution is 2.34. The number of likely N-dealkylation sites (tertiary alicyclic amines) is 1. The number of hydrogen-bond acceptors (Lipinski definition) is 5. The molecule has 1 N–H and O–H groups in total. The van der Waals surface area contributed by atoms with Gasteiger partial charge in [0.05, 0.1) is 5.56 Å². The summed E-state index contributed by atoms with van der Waals surface area (Å²) in [7, 11) is 0. The molecule has 3 aromatic rings. The lowest BCUT2D eigenvalue weighted by molar-refractivity contribution is 0.0707. The molecule has 0 radical (unpaired) electrons. The fourth-order valence-corrected chi connectivity index (χ4v) is 3.38. The molecule has 7 heteroatoms. The second-order valence-corrected chi connectivity index (χ2v) is 6.58. The van der Waals surface area contributed by atoms with Gasteiger partial charge in [-0.1, -0.05) is 41.0 Å². The van der Waals surface area contributed by atoms with Crippen molar-refractivity contribution in [3.8, 4) is 17.1 Å². The predicted molar refractivity (Wildman–Crippen MR) is 95.9 cm³/mol. The topological polar surface area (TPSA) is 79.5 Å². The summed E-state index contributed by atoms with van der Waals surface area (Å²) in [6, 6.07) is 13.4. The number of halogens is 1. The molecule has 1 aromatic heterocycles. The number of nitrogens with zero attached hydrogens (tertiary/aromatic N) is 3. The number of benzene rings is 2. The van der Waals surface area contributed by atoms with E-state index in [9.17, 15) is 9.90 Å². The number of phenols is 1. The van der Waals surface area contributed by atoms with Gasteiger partial charge in [-0.15, -0.1) is 0 Å². The molecule has 2 heterocycles. The van der Waals surface area contributed by atoms with Gasteiger partial charge in [0.1, 0.15) is 11.8 Å². The smallest absolute Gasteiger partial charge is 0.258 e. The van der Waals surface area contributed by atoms with Crippen molar-refractivity contribution in [2.75, 3.05) is 6.54 Å². The Kier molecular flexibility index (Phi) is 4.34. The van der Waals surface area contributed by atoms with Gasteiger partial charge in [0, 0.05) is 17.1 Å². The van der Waals surface area contributed by atoms with Gasteiger partial charge >= 0.3 is 0 Å². The summed E-state index contributed by atoms with van der Waals surface area (Å²) in [4.78, 5) is 19.0. The van der Waals surface area contributed by atoms with Gasteiger partial charge in [-0.3, -0.25) is 4.79 Å². The molecule has 6 nitrogen and oxygen atoms in total. The highest BCUT2D eigenvalue weighted by Gasteiger charge is 2.35. The lowest BCUT2D eigenvalue weighted by atomic mass is 10.1. The third-order valence-corrected chi connectivity index (χ3v) is 4.69. The van der Waals surface area contributed by atoms with E-state index in [0.717, 1.165) is 18.4 Å². The maximum atomic E-state index is 12.8. The Balaban J connectivity index is 1.61. The largest absolute Gasteiger partial charge is 0.507 e. The summed E-state index contributed by atoms with van der Waals surface area (Å²) in [6.07, 6.45) is 1.56. The first-order valence-corrected chi connectivity index (χ1v) is 8.70. The summed E-state index contributed by atoms with van der Waals surface area (Å²) in [5.74, 6) is 0.548. The number of carbonyl (C=O) groups excluding carboxylic acids is 1. The summed E-state index contributed by atoms with van der Waals surface area (Å²) in [5.41, 5.74) is 1.03. The Morgan fingerprint density at radius 1 is 1.23 bits per heavy atom. The van der Waals surface area contributed by atoms with E-state index in [1.165, 1.54) is 6.07 Å². The van der Waals surface area contributed by atoms with Crippen molar-refractivity contribution in [1.82, 2.24) is 15.0 Å². The molecule has 0 aliphatic carbocycles. The summed E-state index contributed by atoms with van der Waals surface area (Å²) in [6.45, 7) is 0.576. The van der Waals surface area contributed by atoms with Gasteiger partial charge in [0.2, 0.25) is 11.7 Å². The molecule has 2 aromatic carbocycles. The Labute approximate surface area is 155 Å². The Bertz CT molecular complexity index is 956. The van der Waals surface area contributed by atoms with Crippen molar-refractivity contribution in [2.24, 2.45) is 0 Å². The minimum Gasteiger partial charge on any atom is -0.507 e. The first kappa shape index (κ1) is 16.6. The minimum absolute atomic E-state index is 0.0340. The maximum Gasteiger partial charge on any atom is 0.258 e. The lowest BCUT2D eigenvalue weighted by Crippen LogP contribution is -2.30. The molecule has 1 fully saturated rings. The second kappa shape index (κ2) is 6.80. The molecule has 1 aliphatic rings. The SMILES string of the molecule is O=C(c1ccccc1O)N1CCC[C@@H]1c1nc(-c2cccc(Cl)c2)no1. The average Bonchev–Trinajstić information content (AvgIpc) is 3.31. The van der Waals surface area contributed by atoms with Crippen LogP contribution in [0.1, 0.15) is 35.1 Å². The van der Waals surface area contributed by atoms with E-state index in [0.29, 0.717) is 23.3 Å². The van der Waals surface area contributed by atoms with E-state index in [1.807, 2.05) is 12.1 Å². The van der Waals surface area contributed by atoms with E-state index in [1.54, 1.807) is 35.2 Å². The van der Waals surface area contributed by atoms with Crippen LogP contribution in [0.15, 0.2) is 53.1 Å². The number of hydrogen-bond donors (Lipinski definition) is 1. The van der Waals surface area contributed by atoms with Gasteiger partial charge < -0.3 is 14.5 Å². The number of aromatic hydroxyl groups is 1. The van der Waals surface area contributed by atoms with Crippen LogP contribution in [-0.2, 0) is 0 Å².